The minimum absolute atomic E-state index is 0.396. The fourth-order valence-corrected chi connectivity index (χ4v) is 4.94. The summed E-state index contributed by atoms with van der Waals surface area (Å²) in [6.45, 7) is 4.92. The van der Waals surface area contributed by atoms with E-state index in [9.17, 15) is 4.79 Å². The van der Waals surface area contributed by atoms with Gasteiger partial charge in [0.15, 0.2) is 0 Å². The molecule has 2 bridgehead atoms. The van der Waals surface area contributed by atoms with Crippen LogP contribution in [0.3, 0.4) is 0 Å². The fraction of sp³-hybridized carbons (Fsp3) is 0.667. The molecule has 2 unspecified atom stereocenters. The molecule has 0 saturated carbocycles. The molecule has 0 aromatic heterocycles. The molecule has 2 atom stereocenters. The van der Waals surface area contributed by atoms with E-state index in [1.165, 1.54) is 31.2 Å². The Hall–Kier alpha value is -1.39. The minimum atomic E-state index is 0.396. The zero-order chi connectivity index (χ0) is 17.1. The second-order valence-corrected chi connectivity index (χ2v) is 8.18. The molecule has 1 aromatic rings. The van der Waals surface area contributed by atoms with Gasteiger partial charge in [0.2, 0.25) is 5.91 Å². The quantitative estimate of drug-likeness (QED) is 0.914. The molecule has 4 rings (SSSR count). The summed E-state index contributed by atoms with van der Waals surface area (Å²) in [7, 11) is 0. The zero-order valence-corrected chi connectivity index (χ0v) is 15.2. The van der Waals surface area contributed by atoms with E-state index in [1.807, 2.05) is 0 Å². The molecule has 3 fully saturated rings. The molecular weight excluding hydrogens is 310 g/mol. The molecule has 0 aliphatic carbocycles. The highest BCUT2D eigenvalue weighted by atomic mass is 16.2. The lowest BCUT2D eigenvalue weighted by Crippen LogP contribution is -2.41. The Morgan fingerprint density at radius 2 is 1.76 bits per heavy atom. The molecular formula is C21H31N3O. The van der Waals surface area contributed by atoms with Crippen LogP contribution in [0.4, 0.5) is 0 Å². The molecule has 0 spiro atoms. The van der Waals surface area contributed by atoms with Crippen LogP contribution >= 0.6 is 0 Å². The van der Waals surface area contributed by atoms with Gasteiger partial charge in [-0.3, -0.25) is 9.69 Å². The molecule has 1 N–H and O–H groups in total. The van der Waals surface area contributed by atoms with Gasteiger partial charge in [0.05, 0.1) is 0 Å². The number of hydrogen-bond donors (Lipinski definition) is 1. The maximum Gasteiger partial charge on any atom is 0.222 e. The van der Waals surface area contributed by atoms with E-state index < -0.39 is 0 Å². The Kier molecular flexibility index (Phi) is 5.37. The number of amides is 1. The lowest BCUT2D eigenvalue weighted by Gasteiger charge is -2.30. The topological polar surface area (TPSA) is 35.6 Å². The van der Waals surface area contributed by atoms with Crippen LogP contribution in [0.1, 0.15) is 44.1 Å². The van der Waals surface area contributed by atoms with Crippen molar-refractivity contribution in [3.8, 4) is 0 Å². The van der Waals surface area contributed by atoms with Gasteiger partial charge in [0.25, 0.3) is 0 Å². The van der Waals surface area contributed by atoms with Gasteiger partial charge in [-0.25, -0.2) is 0 Å². The third kappa shape index (κ3) is 4.42. The van der Waals surface area contributed by atoms with Crippen molar-refractivity contribution in [3.63, 3.8) is 0 Å². The predicted molar refractivity (Wildman–Crippen MR) is 100 cm³/mol. The van der Waals surface area contributed by atoms with Crippen molar-refractivity contribution in [2.45, 2.75) is 57.2 Å². The van der Waals surface area contributed by atoms with Gasteiger partial charge in [-0.15, -0.1) is 0 Å². The molecule has 1 aromatic carbocycles. The maximum atomic E-state index is 12.8. The van der Waals surface area contributed by atoms with Gasteiger partial charge < -0.3 is 10.2 Å². The van der Waals surface area contributed by atoms with E-state index in [1.54, 1.807) is 0 Å². The second kappa shape index (κ2) is 7.88. The minimum Gasteiger partial charge on any atom is -0.341 e. The zero-order valence-electron chi connectivity index (χ0n) is 15.2. The summed E-state index contributed by atoms with van der Waals surface area (Å²) in [6, 6.07) is 12.0. The number of benzene rings is 1. The van der Waals surface area contributed by atoms with Gasteiger partial charge in [-0.1, -0.05) is 30.3 Å². The van der Waals surface area contributed by atoms with Crippen molar-refractivity contribution >= 4 is 5.91 Å². The lowest BCUT2D eigenvalue weighted by molar-refractivity contribution is -0.132. The van der Waals surface area contributed by atoms with Gasteiger partial charge in [-0.2, -0.15) is 0 Å². The fourth-order valence-electron chi connectivity index (χ4n) is 4.94. The highest BCUT2D eigenvalue weighted by Crippen LogP contribution is 2.33. The highest BCUT2D eigenvalue weighted by molar-refractivity contribution is 5.76. The predicted octanol–water partition coefficient (Wildman–Crippen LogP) is 2.64. The first-order valence-electron chi connectivity index (χ1n) is 10.1. The monoisotopic (exact) mass is 341 g/mol. The number of nitrogens with zero attached hydrogens (tertiary/aromatic N) is 2. The Bertz CT molecular complexity index is 564. The molecule has 3 saturated heterocycles. The summed E-state index contributed by atoms with van der Waals surface area (Å²) in [5.41, 5.74) is 1.37. The summed E-state index contributed by atoms with van der Waals surface area (Å²) < 4.78 is 0. The Balaban J connectivity index is 1.26. The van der Waals surface area contributed by atoms with Crippen molar-refractivity contribution in [2.75, 3.05) is 26.2 Å². The Morgan fingerprint density at radius 3 is 2.52 bits per heavy atom. The number of hydrogen-bond acceptors (Lipinski definition) is 3. The van der Waals surface area contributed by atoms with Crippen molar-refractivity contribution in [1.82, 2.24) is 15.1 Å². The Morgan fingerprint density at radius 1 is 1.00 bits per heavy atom. The molecule has 4 heteroatoms. The first-order valence-corrected chi connectivity index (χ1v) is 10.1. The summed E-state index contributed by atoms with van der Waals surface area (Å²) in [5.74, 6) is 1.00. The normalized spacial score (nSPS) is 30.2. The average Bonchev–Trinajstić information content (AvgIpc) is 2.82. The average molecular weight is 341 g/mol. The van der Waals surface area contributed by atoms with Crippen LogP contribution in [0.15, 0.2) is 30.3 Å². The first-order chi connectivity index (χ1) is 12.3. The van der Waals surface area contributed by atoms with Crippen LogP contribution in [0, 0.1) is 5.92 Å². The van der Waals surface area contributed by atoms with Gasteiger partial charge >= 0.3 is 0 Å². The van der Waals surface area contributed by atoms with Crippen LogP contribution < -0.4 is 5.32 Å². The lowest BCUT2D eigenvalue weighted by atomic mass is 9.89. The largest absolute Gasteiger partial charge is 0.341 e. The van der Waals surface area contributed by atoms with E-state index in [0.717, 1.165) is 45.6 Å². The van der Waals surface area contributed by atoms with Crippen LogP contribution in [0.25, 0.3) is 0 Å². The van der Waals surface area contributed by atoms with Gasteiger partial charge in [-0.05, 0) is 43.6 Å². The summed E-state index contributed by atoms with van der Waals surface area (Å²) >= 11 is 0. The molecule has 25 heavy (non-hydrogen) atoms. The Labute approximate surface area is 151 Å². The van der Waals surface area contributed by atoms with E-state index in [-0.39, 0.29) is 0 Å². The third-order valence-electron chi connectivity index (χ3n) is 6.22. The number of rotatable bonds is 4. The van der Waals surface area contributed by atoms with Crippen molar-refractivity contribution in [3.05, 3.63) is 35.9 Å². The van der Waals surface area contributed by atoms with E-state index in [0.29, 0.717) is 23.9 Å². The van der Waals surface area contributed by atoms with E-state index in [4.69, 9.17) is 0 Å². The van der Waals surface area contributed by atoms with Gasteiger partial charge in [0, 0.05) is 51.2 Å². The standard InChI is InChI=1S/C21H31N3O/c25-21(15-18-13-19-7-8-20(14-18)22-19)24-10-4-9-23(11-12-24)16-17-5-2-1-3-6-17/h1-3,5-6,18-20,22H,4,7-16H2. The van der Waals surface area contributed by atoms with Crippen LogP contribution in [-0.4, -0.2) is 54.0 Å². The first kappa shape index (κ1) is 17.0. The van der Waals surface area contributed by atoms with Crippen LogP contribution in [0.5, 0.6) is 0 Å². The SMILES string of the molecule is O=C(CC1CC2CCC(C1)N2)N1CCCN(Cc2ccccc2)CC1. The smallest absolute Gasteiger partial charge is 0.222 e. The van der Waals surface area contributed by atoms with Crippen molar-refractivity contribution < 1.29 is 4.79 Å². The van der Waals surface area contributed by atoms with Crippen molar-refractivity contribution in [1.29, 1.82) is 0 Å². The number of nitrogens with one attached hydrogen (secondary N) is 1. The summed E-state index contributed by atoms with van der Waals surface area (Å²) in [6.07, 6.45) is 6.90. The van der Waals surface area contributed by atoms with E-state index >= 15 is 0 Å². The molecule has 0 radical (unpaired) electrons. The molecule has 3 heterocycles. The number of piperidine rings is 1. The molecule has 136 valence electrons. The number of fused-ring (bicyclic) bond motifs is 2. The summed E-state index contributed by atoms with van der Waals surface area (Å²) in [4.78, 5) is 17.4. The second-order valence-electron chi connectivity index (χ2n) is 8.18. The molecule has 1 amide bonds. The molecule has 3 aliphatic rings. The molecule has 4 nitrogen and oxygen atoms in total. The third-order valence-corrected chi connectivity index (χ3v) is 6.22. The maximum absolute atomic E-state index is 12.8. The van der Waals surface area contributed by atoms with Crippen LogP contribution in [-0.2, 0) is 11.3 Å². The van der Waals surface area contributed by atoms with Gasteiger partial charge in [0.1, 0.15) is 0 Å². The highest BCUT2D eigenvalue weighted by Gasteiger charge is 2.35. The number of carbonyl (C=O) groups excluding carboxylic acids is 1. The summed E-state index contributed by atoms with van der Waals surface area (Å²) in [5, 5.41) is 3.68. The van der Waals surface area contributed by atoms with Crippen molar-refractivity contribution in [2.24, 2.45) is 5.92 Å². The van der Waals surface area contributed by atoms with Crippen LogP contribution in [0.2, 0.25) is 0 Å². The van der Waals surface area contributed by atoms with E-state index in [2.05, 4.69) is 45.4 Å². The number of carbonyl (C=O) groups is 1. The molecule has 3 aliphatic heterocycles.